The molecule has 0 aliphatic carbocycles. The van der Waals surface area contributed by atoms with E-state index in [1.807, 2.05) is 12.1 Å². The second-order valence-electron chi connectivity index (χ2n) is 6.88. The van der Waals surface area contributed by atoms with Crippen LogP contribution in [0.3, 0.4) is 0 Å². The van der Waals surface area contributed by atoms with Gasteiger partial charge in [-0.15, -0.1) is 17.9 Å². The number of hydrogen-bond acceptors (Lipinski definition) is 5. The number of nitriles is 1. The van der Waals surface area contributed by atoms with E-state index in [2.05, 4.69) is 12.6 Å². The van der Waals surface area contributed by atoms with Gasteiger partial charge in [0.05, 0.1) is 18.1 Å². The Morgan fingerprint density at radius 1 is 1.21 bits per heavy atom. The van der Waals surface area contributed by atoms with Crippen molar-refractivity contribution in [1.82, 2.24) is 9.21 Å². The van der Waals surface area contributed by atoms with Crippen LogP contribution in [-0.2, 0) is 27.8 Å². The molecule has 1 aliphatic heterocycles. The zero-order chi connectivity index (χ0) is 20.9. The molecule has 1 saturated heterocycles. The molecule has 3 rings (SSSR count). The Labute approximate surface area is 175 Å². The Kier molecular flexibility index (Phi) is 6.85. The Morgan fingerprint density at radius 2 is 1.90 bits per heavy atom. The van der Waals surface area contributed by atoms with Crippen molar-refractivity contribution in [3.63, 3.8) is 0 Å². The molecule has 0 N–H and O–H groups in total. The van der Waals surface area contributed by atoms with Gasteiger partial charge in [0.25, 0.3) is 10.0 Å². The maximum atomic E-state index is 12.8. The lowest BCUT2D eigenvalue weighted by atomic mass is 10.1. The molecule has 1 amide bonds. The Bertz CT molecular complexity index is 1010. The van der Waals surface area contributed by atoms with Gasteiger partial charge in [0.1, 0.15) is 4.21 Å². The van der Waals surface area contributed by atoms with Gasteiger partial charge >= 0.3 is 0 Å². The summed E-state index contributed by atoms with van der Waals surface area (Å²) in [4.78, 5) is 15.2. The number of amides is 1. The van der Waals surface area contributed by atoms with Crippen LogP contribution in [0.25, 0.3) is 0 Å². The van der Waals surface area contributed by atoms with E-state index < -0.39 is 10.0 Å². The third-order valence-corrected chi connectivity index (χ3v) is 8.23. The summed E-state index contributed by atoms with van der Waals surface area (Å²) in [6, 6.07) is 12.5. The van der Waals surface area contributed by atoms with Crippen molar-refractivity contribution in [1.29, 1.82) is 5.26 Å². The lowest BCUT2D eigenvalue weighted by molar-refractivity contribution is -0.130. The highest BCUT2D eigenvalue weighted by atomic mass is 32.2. The van der Waals surface area contributed by atoms with E-state index in [1.54, 1.807) is 35.2 Å². The molecule has 1 aromatic heterocycles. The van der Waals surface area contributed by atoms with Crippen molar-refractivity contribution in [2.75, 3.05) is 19.6 Å². The van der Waals surface area contributed by atoms with E-state index in [9.17, 15) is 13.2 Å². The topological polar surface area (TPSA) is 81.5 Å². The van der Waals surface area contributed by atoms with E-state index in [4.69, 9.17) is 5.26 Å². The minimum atomic E-state index is -3.45. The third kappa shape index (κ3) is 5.12. The highest BCUT2D eigenvalue weighted by Crippen LogP contribution is 2.28. The van der Waals surface area contributed by atoms with Gasteiger partial charge in [-0.3, -0.25) is 4.79 Å². The quantitative estimate of drug-likeness (QED) is 0.604. The van der Waals surface area contributed by atoms with Crippen molar-refractivity contribution in [2.24, 2.45) is 0 Å². The highest BCUT2D eigenvalue weighted by molar-refractivity contribution is 7.91. The third-order valence-electron chi connectivity index (χ3n) is 4.78. The fourth-order valence-corrected chi connectivity index (χ4v) is 6.24. The highest BCUT2D eigenvalue weighted by Gasteiger charge is 2.28. The minimum Gasteiger partial charge on any atom is -0.334 e. The fourth-order valence-electron chi connectivity index (χ4n) is 3.22. The first-order chi connectivity index (χ1) is 13.9. The average molecular weight is 430 g/mol. The Hall–Kier alpha value is -2.47. The lowest BCUT2D eigenvalue weighted by Gasteiger charge is -2.21. The molecule has 2 heterocycles. The van der Waals surface area contributed by atoms with E-state index in [0.29, 0.717) is 36.0 Å². The maximum Gasteiger partial charge on any atom is 0.252 e. The summed E-state index contributed by atoms with van der Waals surface area (Å²) in [6.07, 6.45) is 3.59. The molecule has 0 saturated carbocycles. The van der Waals surface area contributed by atoms with Crippen LogP contribution in [0, 0.1) is 11.3 Å². The van der Waals surface area contributed by atoms with Gasteiger partial charge in [0, 0.05) is 31.1 Å². The van der Waals surface area contributed by atoms with Crippen LogP contribution in [0.15, 0.2) is 53.3 Å². The van der Waals surface area contributed by atoms with Crippen LogP contribution in [0.2, 0.25) is 0 Å². The van der Waals surface area contributed by atoms with Crippen LogP contribution in [0.1, 0.15) is 28.8 Å². The smallest absolute Gasteiger partial charge is 0.252 e. The standard InChI is InChI=1S/C21H23N3O3S2/c1-2-11-23(16-18-7-5-17(15-22)6-8-18)20(25)14-19-9-10-21(28-19)29(26,27)24-12-3-4-13-24/h2,5-10H,1,3-4,11-14,16H2. The molecule has 1 aromatic carbocycles. The summed E-state index contributed by atoms with van der Waals surface area (Å²) in [5.41, 5.74) is 1.49. The number of nitrogens with zero attached hydrogens (tertiary/aromatic N) is 3. The maximum absolute atomic E-state index is 12.8. The van der Waals surface area contributed by atoms with Crippen molar-refractivity contribution in [3.05, 3.63) is 65.1 Å². The van der Waals surface area contributed by atoms with E-state index >= 15 is 0 Å². The average Bonchev–Trinajstić information content (AvgIpc) is 3.41. The number of thiophene rings is 1. The molecule has 0 unspecified atom stereocenters. The first-order valence-electron chi connectivity index (χ1n) is 9.40. The molecular weight excluding hydrogens is 406 g/mol. The van der Waals surface area contributed by atoms with E-state index in [1.165, 1.54) is 4.31 Å². The van der Waals surface area contributed by atoms with E-state index in [-0.39, 0.29) is 12.3 Å². The molecule has 8 heteroatoms. The summed E-state index contributed by atoms with van der Waals surface area (Å²) < 4.78 is 27.1. The Morgan fingerprint density at radius 3 is 2.52 bits per heavy atom. The molecule has 29 heavy (non-hydrogen) atoms. The molecule has 0 bridgehead atoms. The summed E-state index contributed by atoms with van der Waals surface area (Å²) in [5, 5.41) is 8.90. The normalized spacial score (nSPS) is 14.4. The summed E-state index contributed by atoms with van der Waals surface area (Å²) in [6.45, 7) is 5.64. The first-order valence-corrected chi connectivity index (χ1v) is 11.7. The first kappa shape index (κ1) is 21.2. The van der Waals surface area contributed by atoms with Gasteiger partial charge in [0.15, 0.2) is 0 Å². The number of sulfonamides is 1. The summed E-state index contributed by atoms with van der Waals surface area (Å²) >= 11 is 1.16. The largest absolute Gasteiger partial charge is 0.334 e. The van der Waals surface area contributed by atoms with Gasteiger partial charge in [-0.1, -0.05) is 18.2 Å². The van der Waals surface area contributed by atoms with Crippen LogP contribution >= 0.6 is 11.3 Å². The number of hydrogen-bond donors (Lipinski definition) is 0. The molecule has 1 aliphatic rings. The molecule has 152 valence electrons. The second kappa shape index (κ2) is 9.35. The number of rotatable bonds is 8. The molecule has 6 nitrogen and oxygen atoms in total. The van der Waals surface area contributed by atoms with Gasteiger partial charge < -0.3 is 4.90 Å². The number of carbonyl (C=O) groups is 1. The van der Waals surface area contributed by atoms with Crippen molar-refractivity contribution >= 4 is 27.3 Å². The SMILES string of the molecule is C=CCN(Cc1ccc(C#N)cc1)C(=O)Cc1ccc(S(=O)(=O)N2CCCC2)s1. The molecule has 1 fully saturated rings. The molecule has 0 radical (unpaired) electrons. The molecule has 2 aromatic rings. The predicted octanol–water partition coefficient (Wildman–Crippen LogP) is 3.16. The predicted molar refractivity (Wildman–Crippen MR) is 113 cm³/mol. The van der Waals surface area contributed by atoms with Gasteiger partial charge in [-0.05, 0) is 42.7 Å². The van der Waals surface area contributed by atoms with Crippen LogP contribution in [0.4, 0.5) is 0 Å². The second-order valence-corrected chi connectivity index (χ2v) is 10.2. The van der Waals surface area contributed by atoms with Crippen LogP contribution in [0.5, 0.6) is 0 Å². The molecule has 0 atom stereocenters. The van der Waals surface area contributed by atoms with Gasteiger partial charge in [0.2, 0.25) is 5.91 Å². The molecular formula is C21H23N3O3S2. The monoisotopic (exact) mass is 429 g/mol. The fraction of sp³-hybridized carbons (Fsp3) is 0.333. The van der Waals surface area contributed by atoms with Crippen molar-refractivity contribution in [2.45, 2.75) is 30.0 Å². The van der Waals surface area contributed by atoms with Crippen molar-refractivity contribution < 1.29 is 13.2 Å². The minimum absolute atomic E-state index is 0.0961. The summed E-state index contributed by atoms with van der Waals surface area (Å²) in [5.74, 6) is -0.0961. The van der Waals surface area contributed by atoms with Crippen LogP contribution < -0.4 is 0 Å². The summed E-state index contributed by atoms with van der Waals surface area (Å²) in [7, 11) is -3.45. The zero-order valence-electron chi connectivity index (χ0n) is 16.1. The van der Waals surface area contributed by atoms with Crippen molar-refractivity contribution in [3.8, 4) is 6.07 Å². The van der Waals surface area contributed by atoms with Gasteiger partial charge in [-0.25, -0.2) is 8.42 Å². The zero-order valence-corrected chi connectivity index (χ0v) is 17.7. The number of benzene rings is 1. The molecule has 0 spiro atoms. The number of carbonyl (C=O) groups excluding carboxylic acids is 1. The van der Waals surface area contributed by atoms with Gasteiger partial charge in [-0.2, -0.15) is 9.57 Å². The van der Waals surface area contributed by atoms with Crippen LogP contribution in [-0.4, -0.2) is 43.2 Å². The lowest BCUT2D eigenvalue weighted by Crippen LogP contribution is -2.31. The Balaban J connectivity index is 1.69. The van der Waals surface area contributed by atoms with E-state index in [0.717, 1.165) is 34.6 Å².